The Morgan fingerprint density at radius 3 is 2.60 bits per heavy atom. The number of rotatable bonds is 6. The van der Waals surface area contributed by atoms with E-state index in [1.807, 2.05) is 0 Å². The standard InChI is InChI=1S/C22H42N6O2/c1-15(29)24-18-9-6-16(7-10-18)14-28-12-4-5-19(28)22-25-21(26-30-22)17-8-11-20(23-13-17)27(2)3/h16-23,25-26H,4-14H2,1-3H3,(H,24,29)/t16?,17?,18?,19-,20?,21?,22?/m0/s1. The molecule has 0 aromatic rings. The number of nitrogens with zero attached hydrogens (tertiary/aromatic N) is 2. The van der Waals surface area contributed by atoms with Gasteiger partial charge in [-0.1, -0.05) is 0 Å². The molecule has 3 saturated heterocycles. The highest BCUT2D eigenvalue weighted by Crippen LogP contribution is 2.30. The first kappa shape index (κ1) is 22.4. The Morgan fingerprint density at radius 2 is 1.93 bits per heavy atom. The van der Waals surface area contributed by atoms with E-state index in [1.165, 1.54) is 51.6 Å². The average Bonchev–Trinajstić information content (AvgIpc) is 3.38. The van der Waals surface area contributed by atoms with Gasteiger partial charge in [-0.05, 0) is 77.9 Å². The molecule has 5 atom stereocenters. The number of hydroxylamine groups is 1. The first-order valence-corrected chi connectivity index (χ1v) is 12.1. The van der Waals surface area contributed by atoms with Crippen LogP contribution in [0.3, 0.4) is 0 Å². The van der Waals surface area contributed by atoms with Crippen LogP contribution in [0.5, 0.6) is 0 Å². The van der Waals surface area contributed by atoms with Gasteiger partial charge in [-0.15, -0.1) is 0 Å². The maximum atomic E-state index is 11.3. The molecular weight excluding hydrogens is 380 g/mol. The van der Waals surface area contributed by atoms with Gasteiger partial charge in [0.2, 0.25) is 5.91 Å². The third-order valence-electron chi connectivity index (χ3n) is 7.70. The van der Waals surface area contributed by atoms with Crippen molar-refractivity contribution in [3.8, 4) is 0 Å². The summed E-state index contributed by atoms with van der Waals surface area (Å²) >= 11 is 0. The van der Waals surface area contributed by atoms with Gasteiger partial charge >= 0.3 is 0 Å². The Balaban J connectivity index is 1.22. The molecule has 4 aliphatic rings. The van der Waals surface area contributed by atoms with Gasteiger partial charge in [0.1, 0.15) is 6.23 Å². The number of carbonyl (C=O) groups is 1. The van der Waals surface area contributed by atoms with Crippen LogP contribution in [0.15, 0.2) is 0 Å². The second-order valence-electron chi connectivity index (χ2n) is 10.1. The van der Waals surface area contributed by atoms with Crippen molar-refractivity contribution in [2.45, 2.75) is 88.9 Å². The van der Waals surface area contributed by atoms with E-state index in [0.717, 1.165) is 25.3 Å². The summed E-state index contributed by atoms with van der Waals surface area (Å²) in [5.74, 6) is 1.41. The van der Waals surface area contributed by atoms with Gasteiger partial charge < -0.3 is 10.6 Å². The van der Waals surface area contributed by atoms with Gasteiger partial charge in [0.05, 0.1) is 18.4 Å². The second kappa shape index (κ2) is 10.2. The van der Waals surface area contributed by atoms with E-state index in [1.54, 1.807) is 6.92 Å². The summed E-state index contributed by atoms with van der Waals surface area (Å²) < 4.78 is 0. The van der Waals surface area contributed by atoms with E-state index in [2.05, 4.69) is 45.3 Å². The quantitative estimate of drug-likeness (QED) is 0.504. The molecule has 172 valence electrons. The van der Waals surface area contributed by atoms with Gasteiger partial charge in [0.25, 0.3) is 0 Å². The van der Waals surface area contributed by atoms with Crippen molar-refractivity contribution in [3.05, 3.63) is 0 Å². The molecule has 8 heteroatoms. The lowest BCUT2D eigenvalue weighted by atomic mass is 9.85. The van der Waals surface area contributed by atoms with Crippen molar-refractivity contribution in [2.24, 2.45) is 11.8 Å². The topological polar surface area (TPSA) is 80.9 Å². The molecule has 4 fully saturated rings. The Morgan fingerprint density at radius 1 is 1.13 bits per heavy atom. The lowest BCUT2D eigenvalue weighted by Crippen LogP contribution is -2.54. The molecule has 3 aliphatic heterocycles. The summed E-state index contributed by atoms with van der Waals surface area (Å²) in [6.45, 7) is 4.99. The van der Waals surface area contributed by atoms with Crippen molar-refractivity contribution >= 4 is 5.91 Å². The zero-order chi connectivity index (χ0) is 21.1. The SMILES string of the molecule is CC(=O)NC1CCC(CN2CCC[C@H]2C2NC(C3CCC(N(C)C)NC3)NO2)CC1. The summed E-state index contributed by atoms with van der Waals surface area (Å²) in [5.41, 5.74) is 3.31. The van der Waals surface area contributed by atoms with Gasteiger partial charge in [-0.3, -0.25) is 24.7 Å². The number of hydrogen-bond donors (Lipinski definition) is 4. The summed E-state index contributed by atoms with van der Waals surface area (Å²) in [6.07, 6.45) is 10.3. The largest absolute Gasteiger partial charge is 0.354 e. The van der Waals surface area contributed by atoms with Crippen LogP contribution in [-0.4, -0.2) is 80.1 Å². The third kappa shape index (κ3) is 5.53. The molecule has 0 radical (unpaired) electrons. The molecule has 0 aromatic carbocycles. The van der Waals surface area contributed by atoms with Crippen LogP contribution in [0.4, 0.5) is 0 Å². The molecule has 1 amide bonds. The zero-order valence-corrected chi connectivity index (χ0v) is 19.0. The molecule has 4 rings (SSSR count). The van der Waals surface area contributed by atoms with Crippen LogP contribution >= 0.6 is 0 Å². The van der Waals surface area contributed by atoms with Crippen LogP contribution in [-0.2, 0) is 9.63 Å². The summed E-state index contributed by atoms with van der Waals surface area (Å²) in [6, 6.07) is 0.843. The molecule has 4 unspecified atom stereocenters. The van der Waals surface area contributed by atoms with E-state index >= 15 is 0 Å². The van der Waals surface area contributed by atoms with Crippen molar-refractivity contribution in [2.75, 3.05) is 33.7 Å². The van der Waals surface area contributed by atoms with E-state index in [4.69, 9.17) is 4.84 Å². The maximum absolute atomic E-state index is 11.3. The van der Waals surface area contributed by atoms with E-state index in [9.17, 15) is 4.79 Å². The van der Waals surface area contributed by atoms with Gasteiger partial charge in [0, 0.05) is 32.0 Å². The Hall–Kier alpha value is -0.770. The third-order valence-corrected chi connectivity index (χ3v) is 7.70. The molecule has 4 N–H and O–H groups in total. The van der Waals surface area contributed by atoms with E-state index in [-0.39, 0.29) is 18.3 Å². The number of amides is 1. The molecule has 1 aliphatic carbocycles. The zero-order valence-electron chi connectivity index (χ0n) is 19.0. The predicted octanol–water partition coefficient (Wildman–Crippen LogP) is 0.810. The maximum Gasteiger partial charge on any atom is 0.217 e. The molecule has 0 aromatic heterocycles. The smallest absolute Gasteiger partial charge is 0.217 e. The van der Waals surface area contributed by atoms with Crippen molar-refractivity contribution in [3.63, 3.8) is 0 Å². The van der Waals surface area contributed by atoms with Gasteiger partial charge in [0.15, 0.2) is 0 Å². The van der Waals surface area contributed by atoms with E-state index in [0.29, 0.717) is 24.2 Å². The van der Waals surface area contributed by atoms with Crippen LogP contribution in [0.2, 0.25) is 0 Å². The molecular formula is C22H42N6O2. The highest BCUT2D eigenvalue weighted by molar-refractivity contribution is 5.73. The van der Waals surface area contributed by atoms with E-state index < -0.39 is 0 Å². The average molecular weight is 423 g/mol. The highest BCUT2D eigenvalue weighted by atomic mass is 16.7. The summed E-state index contributed by atoms with van der Waals surface area (Å²) in [5, 5.41) is 10.5. The number of carbonyl (C=O) groups excluding carboxylic acids is 1. The first-order chi connectivity index (χ1) is 14.5. The van der Waals surface area contributed by atoms with Crippen molar-refractivity contribution in [1.82, 2.24) is 31.2 Å². The minimum absolute atomic E-state index is 0.0831. The van der Waals surface area contributed by atoms with Crippen LogP contribution < -0.4 is 21.4 Å². The fourth-order valence-corrected chi connectivity index (χ4v) is 5.93. The molecule has 30 heavy (non-hydrogen) atoms. The lowest BCUT2D eigenvalue weighted by Gasteiger charge is -2.36. The Bertz CT molecular complexity index is 560. The van der Waals surface area contributed by atoms with Crippen LogP contribution in [0, 0.1) is 11.8 Å². The minimum Gasteiger partial charge on any atom is -0.354 e. The predicted molar refractivity (Wildman–Crippen MR) is 117 cm³/mol. The molecule has 1 saturated carbocycles. The first-order valence-electron chi connectivity index (χ1n) is 12.1. The minimum atomic E-state index is 0.0831. The number of nitrogens with one attached hydrogen (secondary N) is 4. The molecule has 3 heterocycles. The monoisotopic (exact) mass is 422 g/mol. The lowest BCUT2D eigenvalue weighted by molar-refractivity contribution is -0.119. The number of hydrogen-bond acceptors (Lipinski definition) is 7. The fraction of sp³-hybridized carbons (Fsp3) is 0.955. The second-order valence-corrected chi connectivity index (χ2v) is 10.1. The van der Waals surface area contributed by atoms with Crippen molar-refractivity contribution < 1.29 is 9.63 Å². The summed E-state index contributed by atoms with van der Waals surface area (Å²) in [7, 11) is 4.29. The van der Waals surface area contributed by atoms with Gasteiger partial charge in [-0.25, -0.2) is 0 Å². The Kier molecular flexibility index (Phi) is 7.65. The highest BCUT2D eigenvalue weighted by Gasteiger charge is 2.41. The Labute approximate surface area is 181 Å². The van der Waals surface area contributed by atoms with Gasteiger partial charge in [-0.2, -0.15) is 5.48 Å². The number of piperidine rings is 1. The summed E-state index contributed by atoms with van der Waals surface area (Å²) in [4.78, 5) is 22.3. The molecule has 0 spiro atoms. The van der Waals surface area contributed by atoms with Crippen LogP contribution in [0.25, 0.3) is 0 Å². The fourth-order valence-electron chi connectivity index (χ4n) is 5.93. The molecule has 8 nitrogen and oxygen atoms in total. The van der Waals surface area contributed by atoms with Crippen LogP contribution in [0.1, 0.15) is 58.3 Å². The normalized spacial score (nSPS) is 40.7. The van der Waals surface area contributed by atoms with Crippen molar-refractivity contribution in [1.29, 1.82) is 0 Å². The molecule has 0 bridgehead atoms. The number of likely N-dealkylation sites (tertiary alicyclic amines) is 1.